The van der Waals surface area contributed by atoms with E-state index >= 15 is 0 Å². The molecule has 1 aromatic carbocycles. The fourth-order valence-electron chi connectivity index (χ4n) is 2.66. The van der Waals surface area contributed by atoms with Gasteiger partial charge in [-0.05, 0) is 37.1 Å². The lowest BCUT2D eigenvalue weighted by atomic mass is 10.1. The van der Waals surface area contributed by atoms with Crippen molar-refractivity contribution in [3.05, 3.63) is 70.8 Å². The Balaban J connectivity index is 1.42. The molecule has 0 aliphatic rings. The van der Waals surface area contributed by atoms with Crippen LogP contribution in [-0.4, -0.2) is 36.1 Å². The molecule has 0 unspecified atom stereocenters. The number of halogens is 1. The number of aromatic nitrogens is 2. The molecule has 2 N–H and O–H groups in total. The molecule has 0 bridgehead atoms. The highest BCUT2D eigenvalue weighted by Gasteiger charge is 2.07. The van der Waals surface area contributed by atoms with Crippen molar-refractivity contribution in [1.82, 2.24) is 20.6 Å². The van der Waals surface area contributed by atoms with E-state index in [2.05, 4.69) is 44.7 Å². The summed E-state index contributed by atoms with van der Waals surface area (Å²) in [6.07, 6.45) is 5.09. The van der Waals surface area contributed by atoms with Crippen LogP contribution in [0.15, 0.2) is 58.3 Å². The molecule has 28 heavy (non-hydrogen) atoms. The summed E-state index contributed by atoms with van der Waals surface area (Å²) >= 11 is 5.80. The Morgan fingerprint density at radius 1 is 1.07 bits per heavy atom. The molecule has 3 rings (SSSR count). The van der Waals surface area contributed by atoms with E-state index in [9.17, 15) is 0 Å². The Hall–Kier alpha value is -2.86. The minimum absolute atomic E-state index is 0.507. The third-order valence-electron chi connectivity index (χ3n) is 4.24. The number of pyridine rings is 1. The molecule has 0 spiro atoms. The van der Waals surface area contributed by atoms with Gasteiger partial charge in [-0.2, -0.15) is 0 Å². The first-order valence-corrected chi connectivity index (χ1v) is 9.58. The summed E-state index contributed by atoms with van der Waals surface area (Å²) in [5.41, 5.74) is 4.23. The van der Waals surface area contributed by atoms with E-state index in [1.54, 1.807) is 25.6 Å². The molecule has 2 heterocycles. The van der Waals surface area contributed by atoms with Gasteiger partial charge in [-0.1, -0.05) is 35.4 Å². The van der Waals surface area contributed by atoms with Crippen LogP contribution in [-0.2, 0) is 12.8 Å². The summed E-state index contributed by atoms with van der Waals surface area (Å²) in [6.45, 7) is 3.52. The lowest BCUT2D eigenvalue weighted by molar-refractivity contribution is 0.572. The van der Waals surface area contributed by atoms with E-state index in [1.165, 1.54) is 5.56 Å². The number of nitrogens with one attached hydrogen (secondary N) is 2. The Morgan fingerprint density at radius 3 is 2.50 bits per heavy atom. The predicted molar refractivity (Wildman–Crippen MR) is 113 cm³/mol. The molecule has 0 radical (unpaired) electrons. The van der Waals surface area contributed by atoms with Gasteiger partial charge in [0.15, 0.2) is 5.96 Å². The number of aliphatic imine (C=N–C) groups is 1. The minimum atomic E-state index is 0.507. The highest BCUT2D eigenvalue weighted by atomic mass is 35.5. The van der Waals surface area contributed by atoms with Crippen LogP contribution >= 0.6 is 11.6 Å². The second-order valence-electron chi connectivity index (χ2n) is 6.42. The minimum Gasteiger partial charge on any atom is -0.444 e. The van der Waals surface area contributed by atoms with Gasteiger partial charge in [0, 0.05) is 38.3 Å². The number of aryl methyl sites for hydroxylation is 1. The number of rotatable bonds is 7. The van der Waals surface area contributed by atoms with Crippen LogP contribution < -0.4 is 10.6 Å². The number of hydrogen-bond donors (Lipinski definition) is 2. The summed E-state index contributed by atoms with van der Waals surface area (Å²) in [5.74, 6) is 1.40. The first kappa shape index (κ1) is 19.9. The van der Waals surface area contributed by atoms with Gasteiger partial charge < -0.3 is 15.1 Å². The van der Waals surface area contributed by atoms with Crippen LogP contribution in [0.5, 0.6) is 0 Å². The van der Waals surface area contributed by atoms with Crippen LogP contribution in [0.1, 0.15) is 16.8 Å². The van der Waals surface area contributed by atoms with Gasteiger partial charge in [-0.3, -0.25) is 4.99 Å². The van der Waals surface area contributed by atoms with Gasteiger partial charge in [0.25, 0.3) is 0 Å². The van der Waals surface area contributed by atoms with Crippen molar-refractivity contribution in [3.8, 4) is 11.5 Å². The molecule has 0 amide bonds. The van der Waals surface area contributed by atoms with Crippen LogP contribution in [0.4, 0.5) is 0 Å². The molecule has 0 saturated heterocycles. The summed E-state index contributed by atoms with van der Waals surface area (Å²) < 4.78 is 5.60. The largest absolute Gasteiger partial charge is 0.444 e. The molecule has 3 aromatic rings. The number of hydrogen-bond acceptors (Lipinski definition) is 4. The number of guanidine groups is 1. The molecule has 0 fully saturated rings. The van der Waals surface area contributed by atoms with E-state index in [0.29, 0.717) is 17.6 Å². The molecular weight excluding hydrogens is 374 g/mol. The summed E-state index contributed by atoms with van der Waals surface area (Å²) in [4.78, 5) is 12.9. The Kier molecular flexibility index (Phi) is 7.03. The zero-order chi connectivity index (χ0) is 19.8. The molecule has 0 saturated carbocycles. The third kappa shape index (κ3) is 5.82. The highest BCUT2D eigenvalue weighted by molar-refractivity contribution is 6.29. The van der Waals surface area contributed by atoms with Gasteiger partial charge in [0.05, 0.1) is 5.69 Å². The van der Waals surface area contributed by atoms with Crippen LogP contribution in [0.2, 0.25) is 5.15 Å². The van der Waals surface area contributed by atoms with E-state index in [4.69, 9.17) is 16.0 Å². The Bertz CT molecular complexity index is 903. The maximum atomic E-state index is 5.80. The van der Waals surface area contributed by atoms with E-state index in [-0.39, 0.29) is 0 Å². The molecule has 0 aliphatic heterocycles. The molecule has 0 aliphatic carbocycles. The maximum absolute atomic E-state index is 5.80. The second kappa shape index (κ2) is 9.90. The van der Waals surface area contributed by atoms with E-state index in [1.807, 2.05) is 18.2 Å². The number of benzene rings is 1. The smallest absolute Gasteiger partial charge is 0.226 e. The van der Waals surface area contributed by atoms with Crippen LogP contribution in [0.25, 0.3) is 11.5 Å². The molecule has 2 aromatic heterocycles. The average molecular weight is 398 g/mol. The standard InChI is InChI=1S/C21H24ClN5O/c1-15-3-6-17(7-4-15)20-27-18(14-28-20)10-12-25-21(23-2)24-11-9-16-5-8-19(22)26-13-16/h3-8,13-14H,9-12H2,1-2H3,(H2,23,24,25). The first-order valence-electron chi connectivity index (χ1n) is 9.20. The molecule has 0 atom stereocenters. The Morgan fingerprint density at radius 2 is 1.82 bits per heavy atom. The lowest BCUT2D eigenvalue weighted by Crippen LogP contribution is -2.39. The van der Waals surface area contributed by atoms with Crippen molar-refractivity contribution in [2.45, 2.75) is 19.8 Å². The van der Waals surface area contributed by atoms with Crippen molar-refractivity contribution in [2.75, 3.05) is 20.1 Å². The number of nitrogens with zero attached hydrogens (tertiary/aromatic N) is 3. The van der Waals surface area contributed by atoms with Crippen LogP contribution in [0.3, 0.4) is 0 Å². The normalized spacial score (nSPS) is 11.5. The van der Waals surface area contributed by atoms with Crippen molar-refractivity contribution in [1.29, 1.82) is 0 Å². The van der Waals surface area contributed by atoms with Crippen molar-refractivity contribution in [3.63, 3.8) is 0 Å². The number of oxazole rings is 1. The zero-order valence-electron chi connectivity index (χ0n) is 16.1. The van der Waals surface area contributed by atoms with Crippen molar-refractivity contribution in [2.24, 2.45) is 4.99 Å². The van der Waals surface area contributed by atoms with Gasteiger partial charge in [0.2, 0.25) is 5.89 Å². The molecule has 6 nitrogen and oxygen atoms in total. The van der Waals surface area contributed by atoms with E-state index < -0.39 is 0 Å². The SMILES string of the molecule is CN=C(NCCc1ccc(Cl)nc1)NCCc1coc(-c2ccc(C)cc2)n1. The zero-order valence-corrected chi connectivity index (χ0v) is 16.8. The predicted octanol–water partition coefficient (Wildman–Crippen LogP) is 3.65. The van der Waals surface area contributed by atoms with Gasteiger partial charge in [-0.15, -0.1) is 0 Å². The summed E-state index contributed by atoms with van der Waals surface area (Å²) in [5, 5.41) is 7.09. The van der Waals surface area contributed by atoms with Crippen molar-refractivity contribution >= 4 is 17.6 Å². The molecule has 7 heteroatoms. The average Bonchev–Trinajstić information content (AvgIpc) is 3.17. The fourth-order valence-corrected chi connectivity index (χ4v) is 2.77. The van der Waals surface area contributed by atoms with Gasteiger partial charge in [-0.25, -0.2) is 9.97 Å². The second-order valence-corrected chi connectivity index (χ2v) is 6.81. The highest BCUT2D eigenvalue weighted by Crippen LogP contribution is 2.19. The Labute approximate surface area is 170 Å². The fraction of sp³-hybridized carbons (Fsp3) is 0.286. The van der Waals surface area contributed by atoms with E-state index in [0.717, 1.165) is 42.2 Å². The molecule has 146 valence electrons. The van der Waals surface area contributed by atoms with Crippen molar-refractivity contribution < 1.29 is 4.42 Å². The third-order valence-corrected chi connectivity index (χ3v) is 4.47. The first-order chi connectivity index (χ1) is 13.6. The quantitative estimate of drug-likeness (QED) is 0.361. The lowest BCUT2D eigenvalue weighted by Gasteiger charge is -2.11. The molecular formula is C21H24ClN5O. The van der Waals surface area contributed by atoms with Gasteiger partial charge in [0.1, 0.15) is 11.4 Å². The topological polar surface area (TPSA) is 75.3 Å². The van der Waals surface area contributed by atoms with Crippen LogP contribution in [0, 0.1) is 6.92 Å². The maximum Gasteiger partial charge on any atom is 0.226 e. The monoisotopic (exact) mass is 397 g/mol. The summed E-state index contributed by atoms with van der Waals surface area (Å²) in [7, 11) is 1.75. The summed E-state index contributed by atoms with van der Waals surface area (Å²) in [6, 6.07) is 11.9. The van der Waals surface area contributed by atoms with Gasteiger partial charge >= 0.3 is 0 Å².